The zero-order valence-electron chi connectivity index (χ0n) is 8.03. The van der Waals surface area contributed by atoms with Gasteiger partial charge in [0.05, 0.1) is 5.56 Å². The van der Waals surface area contributed by atoms with Gasteiger partial charge >= 0.3 is 6.18 Å². The van der Waals surface area contributed by atoms with E-state index in [1.807, 2.05) is 0 Å². The molecule has 0 aliphatic rings. The third-order valence-corrected chi connectivity index (χ3v) is 1.84. The molecule has 4 nitrogen and oxygen atoms in total. The van der Waals surface area contributed by atoms with Crippen LogP contribution in [0.25, 0.3) is 0 Å². The molecule has 0 bridgehead atoms. The number of hydrogen-bond donors (Lipinski definition) is 0. The van der Waals surface area contributed by atoms with E-state index in [9.17, 15) is 23.3 Å². The maximum atomic E-state index is 12.3. The lowest BCUT2D eigenvalue weighted by Gasteiger charge is -2.08. The van der Waals surface area contributed by atoms with Crippen molar-refractivity contribution in [1.29, 1.82) is 0 Å². The van der Waals surface area contributed by atoms with Gasteiger partial charge in [-0.05, 0) is 18.1 Å². The second kappa shape index (κ2) is 4.82. The molecule has 0 saturated heterocycles. The van der Waals surface area contributed by atoms with Crippen molar-refractivity contribution in [3.05, 3.63) is 45.5 Å². The van der Waals surface area contributed by atoms with E-state index in [0.29, 0.717) is 5.56 Å². The lowest BCUT2D eigenvalue weighted by molar-refractivity contribution is -0.757. The minimum absolute atomic E-state index is 0.0604. The van der Waals surface area contributed by atoms with Crippen LogP contribution >= 0.6 is 0 Å². The highest BCUT2D eigenvalue weighted by molar-refractivity contribution is 5.25. The number of hydrogen-bond acceptors (Lipinski definition) is 3. The van der Waals surface area contributed by atoms with Gasteiger partial charge in [0.2, 0.25) is 0 Å². The summed E-state index contributed by atoms with van der Waals surface area (Å²) in [6.07, 6.45) is -4.34. The maximum Gasteiger partial charge on any atom is 0.416 e. The molecule has 0 aliphatic heterocycles. The van der Waals surface area contributed by atoms with Crippen LogP contribution in [0, 0.1) is 10.1 Å². The molecule has 0 unspecified atom stereocenters. The standard InChI is InChI=1S/C9H8F3NO3/c10-9(11,12)8-3-1-2-7(6-8)4-5-16-13(14)15/h1-3,6H,4-5H2. The van der Waals surface area contributed by atoms with Gasteiger partial charge in [0.1, 0.15) is 6.61 Å². The number of nitrogens with zero attached hydrogens (tertiary/aromatic N) is 1. The van der Waals surface area contributed by atoms with Crippen molar-refractivity contribution in [2.75, 3.05) is 6.61 Å². The van der Waals surface area contributed by atoms with Gasteiger partial charge in [0, 0.05) is 0 Å². The fourth-order valence-corrected chi connectivity index (χ4v) is 1.14. The van der Waals surface area contributed by atoms with Crippen molar-refractivity contribution in [2.24, 2.45) is 0 Å². The van der Waals surface area contributed by atoms with Gasteiger partial charge in [-0.15, -0.1) is 10.1 Å². The molecule has 0 radical (unpaired) electrons. The van der Waals surface area contributed by atoms with Crippen LogP contribution in [0.5, 0.6) is 0 Å². The summed E-state index contributed by atoms with van der Waals surface area (Å²) >= 11 is 0. The van der Waals surface area contributed by atoms with Gasteiger partial charge in [-0.3, -0.25) is 0 Å². The first-order valence-corrected chi connectivity index (χ1v) is 4.33. The Morgan fingerprint density at radius 2 is 2.06 bits per heavy atom. The lowest BCUT2D eigenvalue weighted by Crippen LogP contribution is -2.07. The van der Waals surface area contributed by atoms with E-state index >= 15 is 0 Å². The Labute approximate surface area is 88.7 Å². The van der Waals surface area contributed by atoms with Crippen molar-refractivity contribution < 1.29 is 23.1 Å². The first kappa shape index (κ1) is 12.3. The van der Waals surface area contributed by atoms with E-state index in [0.717, 1.165) is 12.1 Å². The van der Waals surface area contributed by atoms with Crippen molar-refractivity contribution in [2.45, 2.75) is 12.6 Å². The molecule has 0 aromatic heterocycles. The number of alkyl halides is 3. The van der Waals surface area contributed by atoms with Gasteiger partial charge in [0.25, 0.3) is 5.09 Å². The summed E-state index contributed by atoms with van der Waals surface area (Å²) in [7, 11) is 0. The highest BCUT2D eigenvalue weighted by Crippen LogP contribution is 2.29. The molecule has 0 fully saturated rings. The molecule has 0 saturated carbocycles. The van der Waals surface area contributed by atoms with E-state index in [-0.39, 0.29) is 13.0 Å². The first-order valence-electron chi connectivity index (χ1n) is 4.33. The van der Waals surface area contributed by atoms with Crippen LogP contribution in [0.2, 0.25) is 0 Å². The Bertz CT molecular complexity index is 379. The Hall–Kier alpha value is -1.79. The van der Waals surface area contributed by atoms with Gasteiger partial charge in [-0.25, -0.2) is 0 Å². The zero-order valence-corrected chi connectivity index (χ0v) is 8.03. The highest BCUT2D eigenvalue weighted by atomic mass is 19.4. The molecule has 1 aromatic carbocycles. The van der Waals surface area contributed by atoms with Crippen molar-refractivity contribution in [3.8, 4) is 0 Å². The summed E-state index contributed by atoms with van der Waals surface area (Å²) in [5.74, 6) is 0. The fraction of sp³-hybridized carbons (Fsp3) is 0.333. The van der Waals surface area contributed by atoms with Gasteiger partial charge in [-0.2, -0.15) is 13.2 Å². The van der Waals surface area contributed by atoms with Crippen LogP contribution in [0.15, 0.2) is 24.3 Å². The summed E-state index contributed by atoms with van der Waals surface area (Å²) in [5.41, 5.74) is -0.428. The first-order chi connectivity index (χ1) is 7.39. The summed E-state index contributed by atoms with van der Waals surface area (Å²) in [5, 5.41) is 8.84. The monoisotopic (exact) mass is 235 g/mol. The highest BCUT2D eigenvalue weighted by Gasteiger charge is 2.30. The van der Waals surface area contributed by atoms with Crippen LogP contribution in [0.1, 0.15) is 11.1 Å². The summed E-state index contributed by atoms with van der Waals surface area (Å²) in [6.45, 7) is -0.256. The number of rotatable bonds is 4. The fourth-order valence-electron chi connectivity index (χ4n) is 1.14. The quantitative estimate of drug-likeness (QED) is 0.595. The molecule has 88 valence electrons. The van der Waals surface area contributed by atoms with Crippen LogP contribution in [0.4, 0.5) is 13.2 Å². The summed E-state index contributed by atoms with van der Waals surface area (Å²) < 4.78 is 36.8. The molecule has 16 heavy (non-hydrogen) atoms. The molecule has 7 heteroatoms. The predicted octanol–water partition coefficient (Wildman–Crippen LogP) is 2.46. The molecule has 0 aliphatic carbocycles. The summed E-state index contributed by atoms with van der Waals surface area (Å²) in [6, 6.07) is 4.60. The third-order valence-electron chi connectivity index (χ3n) is 1.84. The molecule has 1 rings (SSSR count). The third kappa shape index (κ3) is 3.76. The van der Waals surface area contributed by atoms with Gasteiger partial charge in [-0.1, -0.05) is 18.2 Å². The van der Waals surface area contributed by atoms with Crippen molar-refractivity contribution in [3.63, 3.8) is 0 Å². The van der Waals surface area contributed by atoms with Crippen LogP contribution in [-0.4, -0.2) is 11.7 Å². The zero-order chi connectivity index (χ0) is 12.2. The van der Waals surface area contributed by atoms with E-state index in [1.54, 1.807) is 0 Å². The lowest BCUT2D eigenvalue weighted by atomic mass is 10.1. The molecule has 1 aromatic rings. The minimum Gasteiger partial charge on any atom is -0.314 e. The predicted molar refractivity (Wildman–Crippen MR) is 48.1 cm³/mol. The van der Waals surface area contributed by atoms with Crippen LogP contribution in [0.3, 0.4) is 0 Å². The Morgan fingerprint density at radius 1 is 1.38 bits per heavy atom. The minimum atomic E-state index is -4.40. The molecular weight excluding hydrogens is 227 g/mol. The topological polar surface area (TPSA) is 52.4 Å². The second-order valence-corrected chi connectivity index (χ2v) is 3.00. The van der Waals surface area contributed by atoms with E-state index in [2.05, 4.69) is 4.84 Å². The van der Waals surface area contributed by atoms with Crippen molar-refractivity contribution in [1.82, 2.24) is 0 Å². The Balaban J connectivity index is 2.64. The molecular formula is C9H8F3NO3. The molecule has 0 atom stereocenters. The van der Waals surface area contributed by atoms with Gasteiger partial charge < -0.3 is 4.84 Å². The normalized spacial score (nSPS) is 11.2. The van der Waals surface area contributed by atoms with Gasteiger partial charge in [0.15, 0.2) is 0 Å². The molecule has 0 spiro atoms. The average Bonchev–Trinajstić information content (AvgIpc) is 2.16. The molecule has 0 heterocycles. The second-order valence-electron chi connectivity index (χ2n) is 3.00. The SMILES string of the molecule is O=[N+]([O-])OCCc1cccc(C(F)(F)F)c1. The number of benzene rings is 1. The van der Waals surface area contributed by atoms with Crippen molar-refractivity contribution >= 4 is 0 Å². The van der Waals surface area contributed by atoms with E-state index < -0.39 is 16.8 Å². The maximum absolute atomic E-state index is 12.3. The summed E-state index contributed by atoms with van der Waals surface area (Å²) in [4.78, 5) is 13.8. The largest absolute Gasteiger partial charge is 0.416 e. The average molecular weight is 235 g/mol. The molecule has 0 N–H and O–H groups in total. The smallest absolute Gasteiger partial charge is 0.314 e. The van der Waals surface area contributed by atoms with E-state index in [1.165, 1.54) is 12.1 Å². The van der Waals surface area contributed by atoms with Crippen LogP contribution < -0.4 is 0 Å². The Morgan fingerprint density at radius 3 is 2.62 bits per heavy atom. The Kier molecular flexibility index (Phi) is 3.70. The van der Waals surface area contributed by atoms with Crippen LogP contribution in [-0.2, 0) is 17.4 Å². The van der Waals surface area contributed by atoms with E-state index in [4.69, 9.17) is 0 Å². The number of halogens is 3. The molecule has 0 amide bonds.